The van der Waals surface area contributed by atoms with Gasteiger partial charge in [0.15, 0.2) is 11.5 Å². The normalized spacial score (nSPS) is 15.7. The molecule has 0 aliphatic carbocycles. The van der Waals surface area contributed by atoms with Gasteiger partial charge in [-0.15, -0.1) is 0 Å². The molecule has 2 rings (SSSR count). The Morgan fingerprint density at radius 3 is 1.78 bits per heavy atom. The molecule has 1 aliphatic heterocycles. The van der Waals surface area contributed by atoms with Crippen molar-refractivity contribution in [3.8, 4) is 11.5 Å². The van der Waals surface area contributed by atoms with Crippen LogP contribution in [0.25, 0.3) is 0 Å². The van der Waals surface area contributed by atoms with E-state index < -0.39 is 0 Å². The van der Waals surface area contributed by atoms with Crippen molar-refractivity contribution in [2.45, 2.75) is 105 Å². The van der Waals surface area contributed by atoms with Gasteiger partial charge < -0.3 is 18.8 Å². The molecule has 0 radical (unpaired) electrons. The van der Waals surface area contributed by atoms with Gasteiger partial charge in [-0.1, -0.05) is 98.0 Å². The summed E-state index contributed by atoms with van der Waals surface area (Å²) in [5, 5.41) is 0. The lowest BCUT2D eigenvalue weighted by Crippen LogP contribution is -2.47. The molecule has 1 fully saturated rings. The summed E-state index contributed by atoms with van der Waals surface area (Å²) in [5.41, 5.74) is 1.07. The predicted molar refractivity (Wildman–Crippen MR) is 135 cm³/mol. The van der Waals surface area contributed by atoms with E-state index in [0.29, 0.717) is 13.2 Å². The summed E-state index contributed by atoms with van der Waals surface area (Å²) < 4.78 is 24.3. The zero-order chi connectivity index (χ0) is 23.1. The number of hydrogen-bond donors (Lipinski definition) is 0. The van der Waals surface area contributed by atoms with E-state index in [9.17, 15) is 0 Å². The van der Waals surface area contributed by atoms with Crippen molar-refractivity contribution >= 4 is 12.6 Å². The van der Waals surface area contributed by atoms with Crippen molar-refractivity contribution in [2.75, 3.05) is 26.4 Å². The Morgan fingerprint density at radius 2 is 1.22 bits per heavy atom. The minimum atomic E-state index is -0.327. The second-order valence-electron chi connectivity index (χ2n) is 10.1. The first-order valence-electron chi connectivity index (χ1n) is 13.2. The van der Waals surface area contributed by atoms with Crippen LogP contribution in [-0.4, -0.2) is 33.5 Å². The van der Waals surface area contributed by atoms with Crippen molar-refractivity contribution in [2.24, 2.45) is 5.41 Å². The summed E-state index contributed by atoms with van der Waals surface area (Å²) in [6.45, 7) is 11.7. The summed E-state index contributed by atoms with van der Waals surface area (Å²) in [7, 11) is -0.327. The van der Waals surface area contributed by atoms with Gasteiger partial charge in [-0.25, -0.2) is 0 Å². The van der Waals surface area contributed by atoms with Gasteiger partial charge in [0.25, 0.3) is 0 Å². The van der Waals surface area contributed by atoms with E-state index in [2.05, 4.69) is 39.8 Å². The highest BCUT2D eigenvalue weighted by molar-refractivity contribution is 6.61. The van der Waals surface area contributed by atoms with Crippen molar-refractivity contribution in [3.63, 3.8) is 0 Å². The van der Waals surface area contributed by atoms with Gasteiger partial charge in [-0.05, 0) is 30.4 Å². The molecule has 4 nitrogen and oxygen atoms in total. The quantitative estimate of drug-likeness (QED) is 0.192. The van der Waals surface area contributed by atoms with Crippen LogP contribution in [-0.2, 0) is 9.31 Å². The van der Waals surface area contributed by atoms with Crippen LogP contribution in [0.15, 0.2) is 18.2 Å². The number of hydrogen-bond acceptors (Lipinski definition) is 4. The maximum absolute atomic E-state index is 6.19. The average molecular weight is 446 g/mol. The van der Waals surface area contributed by atoms with Gasteiger partial charge in [0.1, 0.15) is 0 Å². The van der Waals surface area contributed by atoms with E-state index in [0.717, 1.165) is 43.0 Å². The van der Waals surface area contributed by atoms with E-state index in [1.807, 2.05) is 6.07 Å². The van der Waals surface area contributed by atoms with Crippen molar-refractivity contribution in [3.05, 3.63) is 18.2 Å². The molecule has 0 unspecified atom stereocenters. The standard InChI is InChI=1S/C27H47BO4/c1-5-7-9-11-13-15-19-29-25-18-17-24(28-31-22-27(3,4)23-32-28)21-26(25)30-20-16-14-12-10-8-6-2/h17-18,21H,5-16,19-20,22-23H2,1-4H3. The molecule has 1 aliphatic rings. The summed E-state index contributed by atoms with van der Waals surface area (Å²) in [6.07, 6.45) is 15.1. The number of benzene rings is 1. The van der Waals surface area contributed by atoms with Gasteiger partial charge in [0, 0.05) is 18.6 Å². The monoisotopic (exact) mass is 446 g/mol. The van der Waals surface area contributed by atoms with Gasteiger partial charge >= 0.3 is 7.12 Å². The molecular weight excluding hydrogens is 399 g/mol. The van der Waals surface area contributed by atoms with E-state index in [-0.39, 0.29) is 12.5 Å². The Bertz CT molecular complexity index is 610. The lowest BCUT2D eigenvalue weighted by molar-refractivity contribution is 0.0343. The Balaban J connectivity index is 1.88. The Kier molecular flexibility index (Phi) is 13.2. The molecule has 0 bridgehead atoms. The number of rotatable bonds is 17. The molecule has 1 saturated heterocycles. The van der Waals surface area contributed by atoms with Crippen molar-refractivity contribution in [1.82, 2.24) is 0 Å². The van der Waals surface area contributed by atoms with Crippen LogP contribution in [0.1, 0.15) is 105 Å². The maximum atomic E-state index is 6.19. The average Bonchev–Trinajstić information content (AvgIpc) is 2.78. The first kappa shape index (κ1) is 27.1. The summed E-state index contributed by atoms with van der Waals surface area (Å²) in [5.74, 6) is 1.66. The maximum Gasteiger partial charge on any atom is 0.494 e. The van der Waals surface area contributed by atoms with Crippen LogP contribution < -0.4 is 14.9 Å². The molecule has 1 aromatic carbocycles. The molecule has 0 aromatic heterocycles. The highest BCUT2D eigenvalue weighted by Crippen LogP contribution is 2.28. The van der Waals surface area contributed by atoms with Gasteiger partial charge in [0.05, 0.1) is 13.2 Å². The first-order chi connectivity index (χ1) is 15.6. The summed E-state index contributed by atoms with van der Waals surface area (Å²) >= 11 is 0. The largest absolute Gasteiger partial charge is 0.494 e. The smallest absolute Gasteiger partial charge is 0.490 e. The third kappa shape index (κ3) is 10.6. The second kappa shape index (κ2) is 15.6. The molecule has 0 N–H and O–H groups in total. The fourth-order valence-electron chi connectivity index (χ4n) is 3.92. The Labute approximate surface area is 197 Å². The van der Waals surface area contributed by atoms with Crippen LogP contribution in [0, 0.1) is 5.41 Å². The van der Waals surface area contributed by atoms with E-state index >= 15 is 0 Å². The van der Waals surface area contributed by atoms with Crippen LogP contribution in [0.3, 0.4) is 0 Å². The Hall–Kier alpha value is -1.20. The van der Waals surface area contributed by atoms with E-state index in [1.165, 1.54) is 64.2 Å². The highest BCUT2D eigenvalue weighted by atomic mass is 16.6. The molecule has 1 heterocycles. The first-order valence-corrected chi connectivity index (χ1v) is 13.2. The molecule has 0 amide bonds. The molecule has 1 aromatic rings. The van der Waals surface area contributed by atoms with Gasteiger partial charge in [-0.3, -0.25) is 0 Å². The van der Waals surface area contributed by atoms with Gasteiger partial charge in [0.2, 0.25) is 0 Å². The number of unbranched alkanes of at least 4 members (excludes halogenated alkanes) is 10. The summed E-state index contributed by atoms with van der Waals surface area (Å²) in [4.78, 5) is 0. The Morgan fingerprint density at radius 1 is 0.719 bits per heavy atom. The van der Waals surface area contributed by atoms with Crippen LogP contribution >= 0.6 is 0 Å². The van der Waals surface area contributed by atoms with Crippen LogP contribution in [0.2, 0.25) is 0 Å². The molecule has 32 heavy (non-hydrogen) atoms. The van der Waals surface area contributed by atoms with E-state index in [1.54, 1.807) is 0 Å². The van der Waals surface area contributed by atoms with Crippen molar-refractivity contribution < 1.29 is 18.8 Å². The SMILES string of the molecule is CCCCCCCCOc1ccc(B2OCC(C)(C)CO2)cc1OCCCCCCCC. The predicted octanol–water partition coefficient (Wildman–Crippen LogP) is 6.93. The second-order valence-corrected chi connectivity index (χ2v) is 10.1. The third-order valence-electron chi connectivity index (χ3n) is 6.00. The van der Waals surface area contributed by atoms with Crippen LogP contribution in [0.4, 0.5) is 0 Å². The highest BCUT2D eigenvalue weighted by Gasteiger charge is 2.33. The minimum absolute atomic E-state index is 0.0633. The fraction of sp³-hybridized carbons (Fsp3) is 0.778. The molecular formula is C27H47BO4. The number of ether oxygens (including phenoxy) is 2. The van der Waals surface area contributed by atoms with Crippen molar-refractivity contribution in [1.29, 1.82) is 0 Å². The third-order valence-corrected chi connectivity index (χ3v) is 6.00. The molecule has 0 atom stereocenters. The minimum Gasteiger partial charge on any atom is -0.490 e. The lowest BCUT2D eigenvalue weighted by Gasteiger charge is -2.33. The fourth-order valence-corrected chi connectivity index (χ4v) is 3.92. The van der Waals surface area contributed by atoms with E-state index in [4.69, 9.17) is 18.8 Å². The molecule has 0 spiro atoms. The summed E-state index contributed by atoms with van der Waals surface area (Å²) in [6, 6.07) is 6.13. The zero-order valence-corrected chi connectivity index (χ0v) is 21.3. The van der Waals surface area contributed by atoms with Gasteiger partial charge in [-0.2, -0.15) is 0 Å². The zero-order valence-electron chi connectivity index (χ0n) is 21.3. The lowest BCUT2D eigenvalue weighted by atomic mass is 9.76. The van der Waals surface area contributed by atoms with Crippen LogP contribution in [0.5, 0.6) is 11.5 Å². The molecule has 0 saturated carbocycles. The molecule has 182 valence electrons. The molecule has 5 heteroatoms. The topological polar surface area (TPSA) is 36.9 Å².